The van der Waals surface area contributed by atoms with Crippen LogP contribution in [-0.4, -0.2) is 11.1 Å². The van der Waals surface area contributed by atoms with Crippen LogP contribution in [0.1, 0.15) is 17.5 Å². The number of hydrogen-bond acceptors (Lipinski definition) is 3. The van der Waals surface area contributed by atoms with Crippen LogP contribution in [0.2, 0.25) is 0 Å². The van der Waals surface area contributed by atoms with E-state index in [1.165, 1.54) is 5.56 Å². The van der Waals surface area contributed by atoms with Gasteiger partial charge in [0.1, 0.15) is 11.8 Å². The number of nitrogens with one attached hydrogen (secondary N) is 1. The molecule has 102 valence electrons. The summed E-state index contributed by atoms with van der Waals surface area (Å²) in [6.45, 7) is 1.91. The summed E-state index contributed by atoms with van der Waals surface area (Å²) in [6, 6.07) is 17.4. The molecule has 0 aromatic heterocycles. The number of hydrogen-bond donors (Lipinski definition) is 2. The zero-order valence-electron chi connectivity index (χ0n) is 11.5. The van der Waals surface area contributed by atoms with Crippen molar-refractivity contribution in [3.8, 4) is 11.8 Å². The van der Waals surface area contributed by atoms with E-state index in [0.717, 1.165) is 12.0 Å². The lowest BCUT2D eigenvalue weighted by Crippen LogP contribution is -2.18. The molecule has 0 aliphatic heterocycles. The third kappa shape index (κ3) is 3.52. The molecule has 0 heterocycles. The Balaban J connectivity index is 2.01. The smallest absolute Gasteiger partial charge is 0.138 e. The van der Waals surface area contributed by atoms with Crippen LogP contribution in [0.5, 0.6) is 5.75 Å². The second kappa shape index (κ2) is 6.63. The molecular formula is C17H18N2O. The minimum atomic E-state index is -0.317. The van der Waals surface area contributed by atoms with Crippen LogP contribution in [0.3, 0.4) is 0 Å². The Kier molecular flexibility index (Phi) is 4.62. The Hall–Kier alpha value is -2.47. The fraction of sp³-hybridized carbons (Fsp3) is 0.235. The molecule has 0 spiro atoms. The van der Waals surface area contributed by atoms with Gasteiger partial charge in [-0.2, -0.15) is 5.26 Å². The molecule has 0 bridgehead atoms. The lowest BCUT2D eigenvalue weighted by atomic mass is 10.1. The van der Waals surface area contributed by atoms with Crippen molar-refractivity contribution in [2.45, 2.75) is 25.8 Å². The van der Waals surface area contributed by atoms with Gasteiger partial charge in [-0.15, -0.1) is 0 Å². The molecule has 2 N–H and O–H groups in total. The lowest BCUT2D eigenvalue weighted by molar-refractivity contribution is 0.476. The standard InChI is InChI=1S/C17H18N2O/c1-13-6-5-9-16(20)17(13)19-15(12-18)11-10-14-7-3-2-4-8-14/h2-9,15,19-20H,10-11H2,1H3. The summed E-state index contributed by atoms with van der Waals surface area (Å²) in [5, 5.41) is 22.2. The second-order valence-electron chi connectivity index (χ2n) is 4.82. The maximum atomic E-state index is 9.85. The van der Waals surface area contributed by atoms with Gasteiger partial charge >= 0.3 is 0 Å². The van der Waals surface area contributed by atoms with Crippen molar-refractivity contribution in [3.63, 3.8) is 0 Å². The molecule has 0 amide bonds. The van der Waals surface area contributed by atoms with Crippen LogP contribution < -0.4 is 5.32 Å². The number of anilines is 1. The molecule has 3 heteroatoms. The first-order chi connectivity index (χ1) is 9.70. The van der Waals surface area contributed by atoms with Gasteiger partial charge in [0.15, 0.2) is 0 Å². The van der Waals surface area contributed by atoms with Gasteiger partial charge in [0.05, 0.1) is 11.8 Å². The van der Waals surface area contributed by atoms with Crippen LogP contribution in [0, 0.1) is 18.3 Å². The maximum absolute atomic E-state index is 9.85. The van der Waals surface area contributed by atoms with E-state index in [1.54, 1.807) is 12.1 Å². The Morgan fingerprint density at radius 1 is 1.15 bits per heavy atom. The van der Waals surface area contributed by atoms with Gasteiger partial charge in [0.2, 0.25) is 0 Å². The van der Waals surface area contributed by atoms with Crippen LogP contribution in [0.15, 0.2) is 48.5 Å². The van der Waals surface area contributed by atoms with Gasteiger partial charge in [0.25, 0.3) is 0 Å². The molecule has 0 radical (unpaired) electrons. The minimum Gasteiger partial charge on any atom is -0.506 e. The summed E-state index contributed by atoms with van der Waals surface area (Å²) in [4.78, 5) is 0. The number of nitriles is 1. The van der Waals surface area contributed by atoms with Crippen molar-refractivity contribution in [3.05, 3.63) is 59.7 Å². The van der Waals surface area contributed by atoms with Crippen molar-refractivity contribution in [1.29, 1.82) is 5.26 Å². The minimum absolute atomic E-state index is 0.185. The molecule has 0 aliphatic carbocycles. The highest BCUT2D eigenvalue weighted by Crippen LogP contribution is 2.27. The van der Waals surface area contributed by atoms with E-state index in [0.29, 0.717) is 12.1 Å². The molecule has 1 unspecified atom stereocenters. The SMILES string of the molecule is Cc1cccc(O)c1NC(C#N)CCc1ccccc1. The highest BCUT2D eigenvalue weighted by atomic mass is 16.3. The molecular weight excluding hydrogens is 248 g/mol. The summed E-state index contributed by atoms with van der Waals surface area (Å²) >= 11 is 0. The molecule has 0 fully saturated rings. The zero-order valence-corrected chi connectivity index (χ0v) is 11.5. The van der Waals surface area contributed by atoms with Crippen LogP contribution in [-0.2, 0) is 6.42 Å². The monoisotopic (exact) mass is 266 g/mol. The van der Waals surface area contributed by atoms with Crippen LogP contribution >= 0.6 is 0 Å². The third-order valence-electron chi connectivity index (χ3n) is 3.29. The molecule has 0 saturated heterocycles. The van der Waals surface area contributed by atoms with E-state index in [1.807, 2.05) is 31.2 Å². The van der Waals surface area contributed by atoms with Crippen molar-refractivity contribution in [1.82, 2.24) is 0 Å². The van der Waals surface area contributed by atoms with E-state index < -0.39 is 0 Å². The van der Waals surface area contributed by atoms with Crippen LogP contribution in [0.4, 0.5) is 5.69 Å². The molecule has 2 rings (SSSR count). The van der Waals surface area contributed by atoms with Gasteiger partial charge in [-0.3, -0.25) is 0 Å². The molecule has 1 atom stereocenters. The van der Waals surface area contributed by atoms with Crippen molar-refractivity contribution in [2.75, 3.05) is 5.32 Å². The number of phenolic OH excluding ortho intramolecular Hbond substituents is 1. The molecule has 2 aromatic rings. The largest absolute Gasteiger partial charge is 0.506 e. The summed E-state index contributed by atoms with van der Waals surface area (Å²) in [6.07, 6.45) is 1.53. The van der Waals surface area contributed by atoms with Crippen molar-refractivity contribution < 1.29 is 5.11 Å². The van der Waals surface area contributed by atoms with Crippen molar-refractivity contribution >= 4 is 5.69 Å². The number of phenols is 1. The summed E-state index contributed by atoms with van der Waals surface area (Å²) in [5.74, 6) is 0.185. The predicted molar refractivity (Wildman–Crippen MR) is 80.6 cm³/mol. The Morgan fingerprint density at radius 3 is 2.55 bits per heavy atom. The number of aromatic hydroxyl groups is 1. The van der Waals surface area contributed by atoms with Gasteiger partial charge in [-0.25, -0.2) is 0 Å². The Labute approximate surface area is 119 Å². The molecule has 2 aromatic carbocycles. The number of aryl methyl sites for hydroxylation is 2. The van der Waals surface area contributed by atoms with Gasteiger partial charge in [-0.1, -0.05) is 42.5 Å². The lowest BCUT2D eigenvalue weighted by Gasteiger charge is -2.16. The molecule has 0 saturated carbocycles. The van der Waals surface area contributed by atoms with E-state index in [-0.39, 0.29) is 11.8 Å². The Bertz CT molecular complexity index is 582. The molecule has 3 nitrogen and oxygen atoms in total. The summed E-state index contributed by atoms with van der Waals surface area (Å²) in [7, 11) is 0. The maximum Gasteiger partial charge on any atom is 0.138 e. The zero-order chi connectivity index (χ0) is 14.4. The fourth-order valence-electron chi connectivity index (χ4n) is 2.14. The third-order valence-corrected chi connectivity index (χ3v) is 3.29. The summed E-state index contributed by atoms with van der Waals surface area (Å²) in [5.41, 5.74) is 2.79. The molecule has 20 heavy (non-hydrogen) atoms. The highest BCUT2D eigenvalue weighted by Gasteiger charge is 2.11. The number of rotatable bonds is 5. The molecule has 0 aliphatic rings. The number of nitrogens with zero attached hydrogens (tertiary/aromatic N) is 1. The predicted octanol–water partition coefficient (Wildman–Crippen LogP) is 3.64. The second-order valence-corrected chi connectivity index (χ2v) is 4.82. The summed E-state index contributed by atoms with van der Waals surface area (Å²) < 4.78 is 0. The van der Waals surface area contributed by atoms with E-state index in [9.17, 15) is 10.4 Å². The average Bonchev–Trinajstić information content (AvgIpc) is 2.47. The number of benzene rings is 2. The van der Waals surface area contributed by atoms with Crippen LogP contribution in [0.25, 0.3) is 0 Å². The first kappa shape index (κ1) is 14.0. The number of para-hydroxylation sites is 1. The fourth-order valence-corrected chi connectivity index (χ4v) is 2.14. The van der Waals surface area contributed by atoms with E-state index >= 15 is 0 Å². The van der Waals surface area contributed by atoms with E-state index in [2.05, 4.69) is 23.5 Å². The quantitative estimate of drug-likeness (QED) is 0.812. The van der Waals surface area contributed by atoms with Gasteiger partial charge in [-0.05, 0) is 37.0 Å². The Morgan fingerprint density at radius 2 is 1.90 bits per heavy atom. The van der Waals surface area contributed by atoms with Gasteiger partial charge < -0.3 is 10.4 Å². The highest BCUT2D eigenvalue weighted by molar-refractivity contribution is 5.61. The average molecular weight is 266 g/mol. The van der Waals surface area contributed by atoms with Gasteiger partial charge in [0, 0.05) is 0 Å². The topological polar surface area (TPSA) is 56.0 Å². The first-order valence-corrected chi connectivity index (χ1v) is 6.69. The first-order valence-electron chi connectivity index (χ1n) is 6.69. The van der Waals surface area contributed by atoms with E-state index in [4.69, 9.17) is 0 Å². The van der Waals surface area contributed by atoms with Crippen molar-refractivity contribution in [2.24, 2.45) is 0 Å². The normalized spacial score (nSPS) is 11.6.